The predicted octanol–water partition coefficient (Wildman–Crippen LogP) is 3.95. The molecule has 3 aromatic rings. The van der Waals surface area contributed by atoms with Crippen LogP contribution in [0.1, 0.15) is 31.6 Å². The first-order chi connectivity index (χ1) is 12.3. The molecular weight excluding hydrogens is 330 g/mol. The Hall–Kier alpha value is -2.08. The highest BCUT2D eigenvalue weighted by molar-refractivity contribution is 7.98. The number of nitrogens with zero attached hydrogens (tertiary/aromatic N) is 5. The Bertz CT molecular complexity index is 850. The summed E-state index contributed by atoms with van der Waals surface area (Å²) in [7, 11) is 0. The van der Waals surface area contributed by atoms with Crippen LogP contribution in [-0.4, -0.2) is 39.1 Å². The van der Waals surface area contributed by atoms with Gasteiger partial charge in [0.1, 0.15) is 10.9 Å². The first-order valence-electron chi connectivity index (χ1n) is 8.88. The minimum atomic E-state index is 0.511. The summed E-state index contributed by atoms with van der Waals surface area (Å²) >= 11 is 1.63. The second-order valence-electron chi connectivity index (χ2n) is 6.39. The van der Waals surface area contributed by atoms with Crippen molar-refractivity contribution in [2.24, 2.45) is 0 Å². The molecule has 0 bridgehead atoms. The quantitative estimate of drug-likeness (QED) is 0.665. The van der Waals surface area contributed by atoms with Crippen molar-refractivity contribution in [2.45, 2.75) is 37.3 Å². The molecule has 6 heteroatoms. The highest BCUT2D eigenvalue weighted by Crippen LogP contribution is 2.30. The molecular formula is C19H23N5S. The van der Waals surface area contributed by atoms with Crippen molar-refractivity contribution >= 4 is 28.6 Å². The average molecular weight is 353 g/mol. The number of thioether (sulfide) groups is 1. The summed E-state index contributed by atoms with van der Waals surface area (Å²) in [6.07, 6.45) is 5.21. The van der Waals surface area contributed by atoms with E-state index in [0.717, 1.165) is 48.7 Å². The highest BCUT2D eigenvalue weighted by atomic mass is 32.2. The predicted molar refractivity (Wildman–Crippen MR) is 103 cm³/mol. The molecule has 3 heterocycles. The van der Waals surface area contributed by atoms with Crippen LogP contribution in [0.25, 0.3) is 11.0 Å². The molecule has 2 aromatic heterocycles. The summed E-state index contributed by atoms with van der Waals surface area (Å²) < 4.78 is 2.47. The topological polar surface area (TPSA) is 46.8 Å². The third kappa shape index (κ3) is 3.11. The van der Waals surface area contributed by atoms with Gasteiger partial charge >= 0.3 is 0 Å². The van der Waals surface area contributed by atoms with Gasteiger partial charge in [0.05, 0.1) is 11.0 Å². The Morgan fingerprint density at radius 3 is 2.56 bits per heavy atom. The Balaban J connectivity index is 1.54. The normalized spacial score (nSPS) is 15.8. The van der Waals surface area contributed by atoms with Gasteiger partial charge in [0.15, 0.2) is 5.82 Å². The van der Waals surface area contributed by atoms with Crippen molar-refractivity contribution in [3.05, 3.63) is 42.2 Å². The summed E-state index contributed by atoms with van der Waals surface area (Å²) in [6.45, 7) is 4.21. The molecule has 1 aliphatic heterocycles. The monoisotopic (exact) mass is 353 g/mol. The average Bonchev–Trinajstić information content (AvgIpc) is 3.07. The Morgan fingerprint density at radius 1 is 1.08 bits per heavy atom. The van der Waals surface area contributed by atoms with Gasteiger partial charge in [0.2, 0.25) is 0 Å². The molecule has 4 rings (SSSR count). The van der Waals surface area contributed by atoms with Crippen LogP contribution in [0.15, 0.2) is 41.4 Å². The third-order valence-corrected chi connectivity index (χ3v) is 5.61. The van der Waals surface area contributed by atoms with Gasteiger partial charge in [-0.15, -0.1) is 22.0 Å². The van der Waals surface area contributed by atoms with Crippen LogP contribution in [0.2, 0.25) is 0 Å². The molecule has 25 heavy (non-hydrogen) atoms. The standard InChI is InChI=1S/C19H23N5S/c1-3-17-20-15-6-4-5-7-16(15)24(17)14-10-12-23(13-11-14)18-8-9-19(25-2)22-21-18/h4-9,14H,3,10-13H2,1-2H3. The van der Waals surface area contributed by atoms with Crippen molar-refractivity contribution in [3.63, 3.8) is 0 Å². The molecule has 0 N–H and O–H groups in total. The van der Waals surface area contributed by atoms with Crippen LogP contribution < -0.4 is 4.90 Å². The van der Waals surface area contributed by atoms with Crippen molar-refractivity contribution in [1.29, 1.82) is 0 Å². The lowest BCUT2D eigenvalue weighted by Gasteiger charge is -2.34. The van der Waals surface area contributed by atoms with Crippen LogP contribution in [0.4, 0.5) is 5.82 Å². The lowest BCUT2D eigenvalue weighted by atomic mass is 10.0. The molecule has 130 valence electrons. The van der Waals surface area contributed by atoms with E-state index < -0.39 is 0 Å². The Morgan fingerprint density at radius 2 is 1.88 bits per heavy atom. The van der Waals surface area contributed by atoms with Gasteiger partial charge in [0, 0.05) is 25.6 Å². The number of imidazole rings is 1. The van der Waals surface area contributed by atoms with Crippen LogP contribution in [0.5, 0.6) is 0 Å². The second-order valence-corrected chi connectivity index (χ2v) is 7.22. The second kappa shape index (κ2) is 7.04. The number of piperidine rings is 1. The van der Waals surface area contributed by atoms with Crippen molar-refractivity contribution in [3.8, 4) is 0 Å². The van der Waals surface area contributed by atoms with E-state index in [9.17, 15) is 0 Å². The highest BCUT2D eigenvalue weighted by Gasteiger charge is 2.24. The fourth-order valence-corrected chi connectivity index (χ4v) is 4.02. The lowest BCUT2D eigenvalue weighted by Crippen LogP contribution is -2.35. The maximum absolute atomic E-state index is 4.83. The summed E-state index contributed by atoms with van der Waals surface area (Å²) in [5, 5.41) is 9.61. The number of benzene rings is 1. The Kier molecular flexibility index (Phi) is 4.61. The van der Waals surface area contributed by atoms with Crippen LogP contribution in [0, 0.1) is 0 Å². The first-order valence-corrected chi connectivity index (χ1v) is 10.1. The van der Waals surface area contributed by atoms with E-state index in [2.05, 4.69) is 63.0 Å². The summed E-state index contributed by atoms with van der Waals surface area (Å²) in [5.41, 5.74) is 2.38. The summed E-state index contributed by atoms with van der Waals surface area (Å²) in [4.78, 5) is 7.17. The van der Waals surface area contributed by atoms with E-state index in [1.54, 1.807) is 11.8 Å². The fourth-order valence-electron chi connectivity index (χ4n) is 3.69. The zero-order chi connectivity index (χ0) is 17.2. The zero-order valence-electron chi connectivity index (χ0n) is 14.7. The number of anilines is 1. The van der Waals surface area contributed by atoms with Gasteiger partial charge in [-0.2, -0.15) is 0 Å². The van der Waals surface area contributed by atoms with Crippen LogP contribution in [0.3, 0.4) is 0 Å². The van der Waals surface area contributed by atoms with Crippen LogP contribution in [-0.2, 0) is 6.42 Å². The Labute approximate surface area is 152 Å². The van der Waals surface area contributed by atoms with Crippen molar-refractivity contribution in [1.82, 2.24) is 19.7 Å². The number of para-hydroxylation sites is 2. The smallest absolute Gasteiger partial charge is 0.151 e. The first kappa shape index (κ1) is 16.4. The van der Waals surface area contributed by atoms with Crippen LogP contribution >= 0.6 is 11.8 Å². The van der Waals surface area contributed by atoms with Gasteiger partial charge in [-0.3, -0.25) is 0 Å². The number of hydrogen-bond donors (Lipinski definition) is 0. The number of rotatable bonds is 4. The van der Waals surface area contributed by atoms with Gasteiger partial charge in [-0.05, 0) is 43.4 Å². The van der Waals surface area contributed by atoms with E-state index in [-0.39, 0.29) is 0 Å². The van der Waals surface area contributed by atoms with E-state index in [0.29, 0.717) is 6.04 Å². The molecule has 1 saturated heterocycles. The molecule has 0 amide bonds. The summed E-state index contributed by atoms with van der Waals surface area (Å²) in [6, 6.07) is 13.1. The summed E-state index contributed by atoms with van der Waals surface area (Å²) in [5.74, 6) is 2.19. The molecule has 0 saturated carbocycles. The van der Waals surface area contributed by atoms with Crippen molar-refractivity contribution < 1.29 is 0 Å². The molecule has 0 unspecified atom stereocenters. The molecule has 1 aliphatic rings. The van der Waals surface area contributed by atoms with Gasteiger partial charge in [0.25, 0.3) is 0 Å². The van der Waals surface area contributed by atoms with E-state index in [4.69, 9.17) is 4.98 Å². The molecule has 1 aromatic carbocycles. The number of aromatic nitrogens is 4. The van der Waals surface area contributed by atoms with E-state index in [1.165, 1.54) is 11.3 Å². The van der Waals surface area contributed by atoms with Gasteiger partial charge in [-0.25, -0.2) is 4.98 Å². The number of hydrogen-bond acceptors (Lipinski definition) is 5. The molecule has 1 fully saturated rings. The molecule has 5 nitrogen and oxygen atoms in total. The van der Waals surface area contributed by atoms with Gasteiger partial charge in [-0.1, -0.05) is 19.1 Å². The minimum absolute atomic E-state index is 0.511. The maximum atomic E-state index is 4.83. The molecule has 0 aliphatic carbocycles. The van der Waals surface area contributed by atoms with Crippen molar-refractivity contribution in [2.75, 3.05) is 24.2 Å². The van der Waals surface area contributed by atoms with Gasteiger partial charge < -0.3 is 9.47 Å². The number of fused-ring (bicyclic) bond motifs is 1. The molecule has 0 radical (unpaired) electrons. The fraction of sp³-hybridized carbons (Fsp3) is 0.421. The zero-order valence-corrected chi connectivity index (χ0v) is 15.5. The molecule has 0 spiro atoms. The van der Waals surface area contributed by atoms with E-state index >= 15 is 0 Å². The maximum Gasteiger partial charge on any atom is 0.151 e. The molecule has 0 atom stereocenters. The number of aryl methyl sites for hydroxylation is 1. The SMILES string of the molecule is CCc1nc2ccccc2n1C1CCN(c2ccc(SC)nn2)CC1. The largest absolute Gasteiger partial charge is 0.355 e. The lowest BCUT2D eigenvalue weighted by molar-refractivity contribution is 0.393. The minimum Gasteiger partial charge on any atom is -0.355 e. The third-order valence-electron chi connectivity index (χ3n) is 4.97. The van der Waals surface area contributed by atoms with E-state index in [1.807, 2.05) is 6.26 Å².